The Kier molecular flexibility index (Phi) is 4.64. The van der Waals surface area contributed by atoms with Crippen LogP contribution in [0, 0.1) is 5.92 Å². The van der Waals surface area contributed by atoms with Gasteiger partial charge < -0.3 is 19.9 Å². The average Bonchev–Trinajstić information content (AvgIpc) is 2.98. The van der Waals surface area contributed by atoms with Gasteiger partial charge in [-0.25, -0.2) is 4.98 Å². The van der Waals surface area contributed by atoms with E-state index < -0.39 is 0 Å². The average molecular weight is 371 g/mol. The number of nitrogens with zero attached hydrogens (tertiary/aromatic N) is 3. The maximum atomic E-state index is 5.91. The second-order valence-electron chi connectivity index (χ2n) is 6.91. The third-order valence-corrected chi connectivity index (χ3v) is 5.33. The molecule has 4 rings (SSSR count). The fourth-order valence-electron chi connectivity index (χ4n) is 3.52. The molecule has 1 fully saturated rings. The van der Waals surface area contributed by atoms with Gasteiger partial charge in [-0.2, -0.15) is 0 Å². The van der Waals surface area contributed by atoms with E-state index in [0.717, 1.165) is 66.0 Å². The predicted octanol–water partition coefficient (Wildman–Crippen LogP) is 4.10. The number of nitrogen functional groups attached to an aromatic ring is 1. The van der Waals surface area contributed by atoms with Crippen molar-refractivity contribution >= 4 is 34.3 Å². The maximum Gasteiger partial charge on any atom is 0.206 e. The van der Waals surface area contributed by atoms with Crippen LogP contribution >= 0.6 is 11.6 Å². The molecular formula is C20H23ClN4O. The van der Waals surface area contributed by atoms with Gasteiger partial charge in [-0.3, -0.25) is 0 Å². The zero-order valence-corrected chi connectivity index (χ0v) is 15.6. The predicted molar refractivity (Wildman–Crippen MR) is 107 cm³/mol. The van der Waals surface area contributed by atoms with Crippen molar-refractivity contribution in [2.45, 2.75) is 12.8 Å². The Morgan fingerprint density at radius 2 is 1.88 bits per heavy atom. The highest BCUT2D eigenvalue weighted by Gasteiger charge is 2.23. The molecule has 2 heterocycles. The molecule has 0 unspecified atom stereocenters. The molecule has 0 amide bonds. The van der Waals surface area contributed by atoms with E-state index in [1.54, 1.807) is 0 Å². The summed E-state index contributed by atoms with van der Waals surface area (Å²) in [6.07, 6.45) is 2.19. The Labute approximate surface area is 158 Å². The van der Waals surface area contributed by atoms with Crippen molar-refractivity contribution in [1.82, 2.24) is 9.55 Å². The molecule has 0 radical (unpaired) electrons. The van der Waals surface area contributed by atoms with Crippen LogP contribution in [0.3, 0.4) is 0 Å². The molecule has 6 heteroatoms. The number of hydrogen-bond acceptors (Lipinski definition) is 4. The molecule has 26 heavy (non-hydrogen) atoms. The number of aromatic nitrogens is 2. The maximum absolute atomic E-state index is 5.91. The highest BCUT2D eigenvalue weighted by atomic mass is 35.5. The van der Waals surface area contributed by atoms with Crippen molar-refractivity contribution < 1.29 is 4.74 Å². The van der Waals surface area contributed by atoms with Crippen LogP contribution in [-0.4, -0.2) is 29.2 Å². The summed E-state index contributed by atoms with van der Waals surface area (Å²) in [4.78, 5) is 7.15. The number of benzene rings is 2. The van der Waals surface area contributed by atoms with E-state index in [2.05, 4.69) is 16.5 Å². The third-order valence-electron chi connectivity index (χ3n) is 5.08. The molecule has 0 atom stereocenters. The lowest BCUT2D eigenvalue weighted by atomic mass is 9.98. The molecule has 1 aromatic heterocycles. The first kappa shape index (κ1) is 17.0. The monoisotopic (exact) mass is 370 g/mol. The molecule has 5 nitrogen and oxygen atoms in total. The molecular weight excluding hydrogens is 348 g/mol. The summed E-state index contributed by atoms with van der Waals surface area (Å²) in [5, 5.41) is 0.731. The van der Waals surface area contributed by atoms with Crippen LogP contribution in [0.1, 0.15) is 12.8 Å². The fraction of sp³-hybridized carbons (Fsp3) is 0.350. The van der Waals surface area contributed by atoms with Gasteiger partial charge in [0.05, 0.1) is 17.6 Å². The van der Waals surface area contributed by atoms with E-state index in [1.807, 2.05) is 42.5 Å². The number of imidazole rings is 1. The van der Waals surface area contributed by atoms with E-state index in [0.29, 0.717) is 5.92 Å². The van der Waals surface area contributed by atoms with E-state index in [1.165, 1.54) is 0 Å². The van der Waals surface area contributed by atoms with Gasteiger partial charge in [-0.15, -0.1) is 0 Å². The number of halogens is 1. The van der Waals surface area contributed by atoms with Crippen molar-refractivity contribution in [3.05, 3.63) is 47.5 Å². The van der Waals surface area contributed by atoms with Crippen LogP contribution in [0.25, 0.3) is 11.0 Å². The summed E-state index contributed by atoms with van der Waals surface area (Å²) < 4.78 is 8.05. The molecule has 0 bridgehead atoms. The van der Waals surface area contributed by atoms with Crippen molar-refractivity contribution in [2.24, 2.45) is 13.0 Å². The summed E-state index contributed by atoms with van der Waals surface area (Å²) >= 11 is 5.91. The molecule has 0 spiro atoms. The van der Waals surface area contributed by atoms with Gasteiger partial charge in [0.15, 0.2) is 0 Å². The smallest absolute Gasteiger partial charge is 0.206 e. The van der Waals surface area contributed by atoms with E-state index >= 15 is 0 Å². The number of aryl methyl sites for hydroxylation is 1. The number of piperidine rings is 1. The minimum Gasteiger partial charge on any atom is -0.493 e. The van der Waals surface area contributed by atoms with Gasteiger partial charge in [-0.1, -0.05) is 11.6 Å². The second-order valence-corrected chi connectivity index (χ2v) is 7.35. The van der Waals surface area contributed by atoms with Crippen LogP contribution in [0.5, 0.6) is 5.75 Å². The summed E-state index contributed by atoms with van der Waals surface area (Å²) in [5.74, 6) is 2.46. The number of fused-ring (bicyclic) bond motifs is 1. The molecule has 136 valence electrons. The molecule has 2 N–H and O–H groups in total. The number of ether oxygens (including phenoxy) is 1. The van der Waals surface area contributed by atoms with Gasteiger partial charge in [-0.05, 0) is 61.2 Å². The Morgan fingerprint density at radius 1 is 1.15 bits per heavy atom. The lowest BCUT2D eigenvalue weighted by Crippen LogP contribution is -2.37. The van der Waals surface area contributed by atoms with Crippen LogP contribution < -0.4 is 15.4 Å². The molecule has 1 aliphatic rings. The lowest BCUT2D eigenvalue weighted by molar-refractivity contribution is 0.222. The molecule has 1 saturated heterocycles. The SMILES string of the molecule is Cn1c(N2CCC(COc3ccc(Cl)cc3)CC2)nc2ccc(N)cc21. The number of hydrogen-bond donors (Lipinski definition) is 1. The number of anilines is 2. The zero-order chi connectivity index (χ0) is 18.1. The molecule has 0 aliphatic carbocycles. The van der Waals surface area contributed by atoms with Gasteiger partial charge in [0, 0.05) is 30.8 Å². The number of rotatable bonds is 4. The Balaban J connectivity index is 1.37. The first-order valence-electron chi connectivity index (χ1n) is 8.95. The van der Waals surface area contributed by atoms with Crippen LogP contribution in [0.15, 0.2) is 42.5 Å². The fourth-order valence-corrected chi connectivity index (χ4v) is 3.65. The topological polar surface area (TPSA) is 56.3 Å². The first-order chi connectivity index (χ1) is 12.6. The van der Waals surface area contributed by atoms with E-state index in [4.69, 9.17) is 27.1 Å². The van der Waals surface area contributed by atoms with Gasteiger partial charge >= 0.3 is 0 Å². The highest BCUT2D eigenvalue weighted by Crippen LogP contribution is 2.27. The summed E-state index contributed by atoms with van der Waals surface area (Å²) in [6, 6.07) is 13.4. The Hall–Kier alpha value is -2.40. The standard InChI is InChI=1S/C20H23ClN4O/c1-24-19-12-16(22)4-7-18(19)23-20(24)25-10-8-14(9-11-25)13-26-17-5-2-15(21)3-6-17/h2-7,12,14H,8-11,13,22H2,1H3. The lowest BCUT2D eigenvalue weighted by Gasteiger charge is -2.32. The van der Waals surface area contributed by atoms with E-state index in [9.17, 15) is 0 Å². The first-order valence-corrected chi connectivity index (χ1v) is 9.33. The minimum atomic E-state index is 0.562. The van der Waals surface area contributed by atoms with Crippen molar-refractivity contribution in [1.29, 1.82) is 0 Å². The second kappa shape index (κ2) is 7.08. The highest BCUT2D eigenvalue weighted by molar-refractivity contribution is 6.30. The van der Waals surface area contributed by atoms with Crippen molar-refractivity contribution in [2.75, 3.05) is 30.3 Å². The molecule has 1 aliphatic heterocycles. The van der Waals surface area contributed by atoms with Crippen LogP contribution in [0.2, 0.25) is 5.02 Å². The Bertz CT molecular complexity index is 898. The van der Waals surface area contributed by atoms with E-state index in [-0.39, 0.29) is 0 Å². The van der Waals surface area contributed by atoms with Crippen LogP contribution in [-0.2, 0) is 7.05 Å². The zero-order valence-electron chi connectivity index (χ0n) is 14.9. The van der Waals surface area contributed by atoms with Gasteiger partial charge in [0.25, 0.3) is 0 Å². The summed E-state index contributed by atoms with van der Waals surface area (Å²) in [5.41, 5.74) is 8.75. The number of nitrogens with two attached hydrogens (primary N) is 1. The van der Waals surface area contributed by atoms with Gasteiger partial charge in [0.1, 0.15) is 5.75 Å². The summed E-state index contributed by atoms with van der Waals surface area (Å²) in [6.45, 7) is 2.72. The largest absolute Gasteiger partial charge is 0.493 e. The van der Waals surface area contributed by atoms with Crippen molar-refractivity contribution in [3.8, 4) is 5.75 Å². The molecule has 0 saturated carbocycles. The Morgan fingerprint density at radius 3 is 2.62 bits per heavy atom. The molecule has 3 aromatic rings. The normalized spacial score (nSPS) is 15.5. The summed E-state index contributed by atoms with van der Waals surface area (Å²) in [7, 11) is 2.06. The van der Waals surface area contributed by atoms with Crippen molar-refractivity contribution in [3.63, 3.8) is 0 Å². The molecule has 2 aromatic carbocycles. The van der Waals surface area contributed by atoms with Gasteiger partial charge in [0.2, 0.25) is 5.95 Å². The minimum absolute atomic E-state index is 0.562. The van der Waals surface area contributed by atoms with Crippen LogP contribution in [0.4, 0.5) is 11.6 Å². The third kappa shape index (κ3) is 3.44. The quantitative estimate of drug-likeness (QED) is 0.702.